The molecule has 6 nitrogen and oxygen atoms in total. The molecule has 1 saturated heterocycles. The van der Waals surface area contributed by atoms with Gasteiger partial charge in [0, 0.05) is 25.9 Å². The van der Waals surface area contributed by atoms with E-state index in [0.717, 1.165) is 31.5 Å². The van der Waals surface area contributed by atoms with E-state index in [0.29, 0.717) is 5.69 Å². The van der Waals surface area contributed by atoms with Gasteiger partial charge in [0.2, 0.25) is 0 Å². The van der Waals surface area contributed by atoms with Crippen LogP contribution in [0, 0.1) is 10.1 Å². The Hall–Kier alpha value is -2.37. The lowest BCUT2D eigenvalue weighted by molar-refractivity contribution is -0.384. The molecule has 0 saturated carbocycles. The molecule has 21 heavy (non-hydrogen) atoms. The number of hydrogen-bond donors (Lipinski definition) is 0. The summed E-state index contributed by atoms with van der Waals surface area (Å²) in [5, 5.41) is 15.5. The number of piperidine rings is 1. The van der Waals surface area contributed by atoms with Gasteiger partial charge in [-0.3, -0.25) is 14.8 Å². The maximum atomic E-state index is 11.3. The van der Waals surface area contributed by atoms with Gasteiger partial charge in [-0.25, -0.2) is 0 Å². The molecule has 1 aromatic carbocycles. The van der Waals surface area contributed by atoms with Gasteiger partial charge >= 0.3 is 0 Å². The molecule has 1 atom stereocenters. The Bertz CT molecular complexity index is 653. The van der Waals surface area contributed by atoms with Gasteiger partial charge in [-0.05, 0) is 31.4 Å². The number of nitro benzene ring substituents is 1. The molecule has 1 aliphatic rings. The fraction of sp³-hybridized carbons (Fsp3) is 0.400. The zero-order chi connectivity index (χ0) is 14.8. The third kappa shape index (κ3) is 2.49. The summed E-state index contributed by atoms with van der Waals surface area (Å²) in [7, 11) is 1.92. The van der Waals surface area contributed by atoms with Crippen LogP contribution in [0.15, 0.2) is 36.5 Å². The standard InChI is InChI=1S/C15H18N4O2/c1-17-12(9-10-16-17)13-7-4-5-11-18(13)14-6-2-3-8-15(14)19(20)21/h2-3,6,8-10,13H,4-5,7,11H2,1H3/t13-/m0/s1. The SMILES string of the molecule is Cn1nccc1[C@@H]1CCCCN1c1ccccc1[N+](=O)[O-]. The number of rotatable bonds is 3. The lowest BCUT2D eigenvalue weighted by atomic mass is 9.98. The molecule has 0 unspecified atom stereocenters. The number of anilines is 1. The van der Waals surface area contributed by atoms with E-state index < -0.39 is 0 Å². The van der Waals surface area contributed by atoms with Crippen molar-refractivity contribution < 1.29 is 4.92 Å². The first-order valence-electron chi connectivity index (χ1n) is 7.16. The Morgan fingerprint density at radius 2 is 2.10 bits per heavy atom. The minimum atomic E-state index is -0.301. The Labute approximate surface area is 123 Å². The van der Waals surface area contributed by atoms with Gasteiger partial charge in [-0.2, -0.15) is 5.10 Å². The first-order valence-corrected chi connectivity index (χ1v) is 7.16. The zero-order valence-electron chi connectivity index (χ0n) is 12.0. The first-order chi connectivity index (χ1) is 10.2. The average molecular weight is 286 g/mol. The molecule has 1 aliphatic heterocycles. The van der Waals surface area contributed by atoms with E-state index in [4.69, 9.17) is 0 Å². The largest absolute Gasteiger partial charge is 0.357 e. The van der Waals surface area contributed by atoms with Gasteiger partial charge < -0.3 is 4.90 Å². The molecule has 0 radical (unpaired) electrons. The minimum Gasteiger partial charge on any atom is -0.357 e. The summed E-state index contributed by atoms with van der Waals surface area (Å²) >= 11 is 0. The van der Waals surface area contributed by atoms with Crippen LogP contribution in [0.3, 0.4) is 0 Å². The molecule has 6 heteroatoms. The summed E-state index contributed by atoms with van der Waals surface area (Å²) in [5.41, 5.74) is 1.98. The number of para-hydroxylation sites is 2. The summed E-state index contributed by atoms with van der Waals surface area (Å²) < 4.78 is 1.86. The van der Waals surface area contributed by atoms with Crippen LogP contribution in [-0.2, 0) is 7.05 Å². The summed E-state index contributed by atoms with van der Waals surface area (Å²) in [6.07, 6.45) is 4.96. The molecule has 0 aliphatic carbocycles. The molecule has 1 aromatic heterocycles. The number of aromatic nitrogens is 2. The number of nitrogens with zero attached hydrogens (tertiary/aromatic N) is 4. The third-order valence-electron chi connectivity index (χ3n) is 4.09. The number of benzene rings is 1. The molecule has 110 valence electrons. The molecule has 0 bridgehead atoms. The van der Waals surface area contributed by atoms with Gasteiger partial charge in [-0.1, -0.05) is 12.1 Å². The topological polar surface area (TPSA) is 64.2 Å². The van der Waals surface area contributed by atoms with Crippen molar-refractivity contribution in [1.82, 2.24) is 9.78 Å². The van der Waals surface area contributed by atoms with Crippen LogP contribution in [0.1, 0.15) is 31.0 Å². The highest BCUT2D eigenvalue weighted by molar-refractivity contribution is 5.64. The van der Waals surface area contributed by atoms with Crippen molar-refractivity contribution in [3.05, 3.63) is 52.3 Å². The molecule has 0 spiro atoms. The fourth-order valence-corrected chi connectivity index (χ4v) is 3.10. The maximum Gasteiger partial charge on any atom is 0.292 e. The monoisotopic (exact) mass is 286 g/mol. The molecule has 2 heterocycles. The predicted molar refractivity (Wildman–Crippen MR) is 80.2 cm³/mol. The molecular formula is C15H18N4O2. The molecule has 0 amide bonds. The van der Waals surface area contributed by atoms with Gasteiger partial charge in [0.15, 0.2) is 0 Å². The van der Waals surface area contributed by atoms with E-state index in [1.807, 2.05) is 29.9 Å². The second kappa shape index (κ2) is 5.55. The van der Waals surface area contributed by atoms with Gasteiger partial charge in [0.05, 0.1) is 16.7 Å². The predicted octanol–water partition coefficient (Wildman–Crippen LogP) is 3.06. The van der Waals surface area contributed by atoms with Gasteiger partial charge in [0.1, 0.15) is 5.69 Å². The second-order valence-corrected chi connectivity index (χ2v) is 5.33. The van der Waals surface area contributed by atoms with Crippen molar-refractivity contribution in [2.45, 2.75) is 25.3 Å². The van der Waals surface area contributed by atoms with Crippen LogP contribution in [0.4, 0.5) is 11.4 Å². The number of nitro groups is 1. The summed E-state index contributed by atoms with van der Waals surface area (Å²) in [6.45, 7) is 0.834. The third-order valence-corrected chi connectivity index (χ3v) is 4.09. The molecule has 0 N–H and O–H groups in total. The number of aryl methyl sites for hydroxylation is 1. The lowest BCUT2D eigenvalue weighted by Crippen LogP contribution is -2.34. The molecule has 3 rings (SSSR count). The minimum absolute atomic E-state index is 0.146. The Morgan fingerprint density at radius 1 is 1.29 bits per heavy atom. The van der Waals surface area contributed by atoms with E-state index in [-0.39, 0.29) is 16.7 Å². The van der Waals surface area contributed by atoms with E-state index in [1.165, 1.54) is 0 Å². The van der Waals surface area contributed by atoms with E-state index in [2.05, 4.69) is 10.00 Å². The van der Waals surface area contributed by atoms with E-state index in [1.54, 1.807) is 18.3 Å². The quantitative estimate of drug-likeness (QED) is 0.642. The second-order valence-electron chi connectivity index (χ2n) is 5.33. The highest BCUT2D eigenvalue weighted by Crippen LogP contribution is 2.38. The summed E-state index contributed by atoms with van der Waals surface area (Å²) in [5.74, 6) is 0. The van der Waals surface area contributed by atoms with Crippen LogP contribution in [0.25, 0.3) is 0 Å². The van der Waals surface area contributed by atoms with E-state index >= 15 is 0 Å². The average Bonchev–Trinajstić information content (AvgIpc) is 2.93. The van der Waals surface area contributed by atoms with Crippen molar-refractivity contribution in [2.75, 3.05) is 11.4 Å². The first kappa shape index (κ1) is 13.6. The maximum absolute atomic E-state index is 11.3. The fourth-order valence-electron chi connectivity index (χ4n) is 3.10. The van der Waals surface area contributed by atoms with Crippen LogP contribution in [0.2, 0.25) is 0 Å². The van der Waals surface area contributed by atoms with Crippen LogP contribution >= 0.6 is 0 Å². The van der Waals surface area contributed by atoms with Crippen molar-refractivity contribution in [1.29, 1.82) is 0 Å². The molecular weight excluding hydrogens is 268 g/mol. The van der Waals surface area contributed by atoms with E-state index in [9.17, 15) is 10.1 Å². The summed E-state index contributed by atoms with van der Waals surface area (Å²) in [6, 6.07) is 9.13. The molecule has 2 aromatic rings. The van der Waals surface area contributed by atoms with Crippen LogP contribution in [0.5, 0.6) is 0 Å². The highest BCUT2D eigenvalue weighted by atomic mass is 16.6. The Morgan fingerprint density at radius 3 is 2.81 bits per heavy atom. The highest BCUT2D eigenvalue weighted by Gasteiger charge is 2.30. The molecule has 1 fully saturated rings. The zero-order valence-corrected chi connectivity index (χ0v) is 12.0. The lowest BCUT2D eigenvalue weighted by Gasteiger charge is -2.37. The van der Waals surface area contributed by atoms with Crippen molar-refractivity contribution in [2.24, 2.45) is 7.05 Å². The van der Waals surface area contributed by atoms with Gasteiger partial charge in [-0.15, -0.1) is 0 Å². The summed E-state index contributed by atoms with van der Waals surface area (Å²) in [4.78, 5) is 13.1. The van der Waals surface area contributed by atoms with Crippen molar-refractivity contribution in [3.8, 4) is 0 Å². The van der Waals surface area contributed by atoms with Gasteiger partial charge in [0.25, 0.3) is 5.69 Å². The van der Waals surface area contributed by atoms with Crippen molar-refractivity contribution >= 4 is 11.4 Å². The Kier molecular flexibility index (Phi) is 3.60. The van der Waals surface area contributed by atoms with Crippen LogP contribution in [-0.4, -0.2) is 21.2 Å². The van der Waals surface area contributed by atoms with Crippen LogP contribution < -0.4 is 4.90 Å². The normalized spacial score (nSPS) is 18.7. The number of hydrogen-bond acceptors (Lipinski definition) is 4. The Balaban J connectivity index is 2.03. The smallest absolute Gasteiger partial charge is 0.292 e. The van der Waals surface area contributed by atoms with Crippen molar-refractivity contribution in [3.63, 3.8) is 0 Å².